The molecule has 0 bridgehead atoms. The van der Waals surface area contributed by atoms with E-state index in [9.17, 15) is 9.90 Å². The van der Waals surface area contributed by atoms with Gasteiger partial charge in [0.1, 0.15) is 0 Å². The largest absolute Gasteiger partial charge is 0.387 e. The van der Waals surface area contributed by atoms with Crippen molar-refractivity contribution in [3.63, 3.8) is 0 Å². The van der Waals surface area contributed by atoms with Gasteiger partial charge >= 0.3 is 0 Å². The van der Waals surface area contributed by atoms with Gasteiger partial charge in [-0.2, -0.15) is 0 Å². The van der Waals surface area contributed by atoms with Crippen molar-refractivity contribution in [2.45, 2.75) is 6.10 Å². The summed E-state index contributed by atoms with van der Waals surface area (Å²) in [5, 5.41) is 14.1. The summed E-state index contributed by atoms with van der Waals surface area (Å²) < 4.78 is 0. The number of benzene rings is 1. The van der Waals surface area contributed by atoms with Gasteiger partial charge in [0.15, 0.2) is 0 Å². The Morgan fingerprint density at radius 2 is 2.19 bits per heavy atom. The van der Waals surface area contributed by atoms with E-state index in [1.165, 1.54) is 17.8 Å². The molecular formula is C12H15NO2S. The minimum Gasteiger partial charge on any atom is -0.387 e. The first kappa shape index (κ1) is 12.8. The molecule has 0 aromatic heterocycles. The van der Waals surface area contributed by atoms with Gasteiger partial charge in [-0.3, -0.25) is 4.79 Å². The summed E-state index contributed by atoms with van der Waals surface area (Å²) in [5.41, 5.74) is 0.802. The van der Waals surface area contributed by atoms with Gasteiger partial charge in [-0.25, -0.2) is 0 Å². The lowest BCUT2D eigenvalue weighted by Gasteiger charge is -2.10. The Morgan fingerprint density at radius 1 is 1.50 bits per heavy atom. The summed E-state index contributed by atoms with van der Waals surface area (Å²) in [6, 6.07) is 9.25. The average Bonchev–Trinajstić information content (AvgIpc) is 2.34. The third-order valence-electron chi connectivity index (χ3n) is 2.01. The average molecular weight is 237 g/mol. The summed E-state index contributed by atoms with van der Waals surface area (Å²) in [7, 11) is 0. The number of aliphatic hydroxyl groups is 1. The zero-order valence-corrected chi connectivity index (χ0v) is 9.91. The predicted octanol–water partition coefficient (Wildman–Crippen LogP) is 1.71. The van der Waals surface area contributed by atoms with Gasteiger partial charge in [-0.15, -0.1) is 11.8 Å². The number of thioether (sulfide) groups is 1. The molecule has 4 heteroatoms. The van der Waals surface area contributed by atoms with Crippen LogP contribution < -0.4 is 5.32 Å². The Morgan fingerprint density at radius 3 is 2.81 bits per heavy atom. The van der Waals surface area contributed by atoms with Crippen LogP contribution in [0.15, 0.2) is 41.8 Å². The Balaban J connectivity index is 2.39. The van der Waals surface area contributed by atoms with E-state index in [4.69, 9.17) is 0 Å². The van der Waals surface area contributed by atoms with E-state index < -0.39 is 6.10 Å². The Kier molecular flexibility index (Phi) is 5.67. The summed E-state index contributed by atoms with van der Waals surface area (Å²) >= 11 is 1.46. The molecule has 1 unspecified atom stereocenters. The van der Waals surface area contributed by atoms with E-state index in [0.29, 0.717) is 0 Å². The van der Waals surface area contributed by atoms with Crippen molar-refractivity contribution in [1.82, 2.24) is 5.32 Å². The molecule has 16 heavy (non-hydrogen) atoms. The first-order valence-electron chi connectivity index (χ1n) is 4.94. The second kappa shape index (κ2) is 7.09. The quantitative estimate of drug-likeness (QED) is 0.767. The number of amides is 1. The monoisotopic (exact) mass is 237 g/mol. The van der Waals surface area contributed by atoms with Crippen LogP contribution >= 0.6 is 11.8 Å². The molecule has 0 radical (unpaired) electrons. The molecule has 0 fully saturated rings. The highest BCUT2D eigenvalue weighted by Gasteiger charge is 2.06. The zero-order valence-electron chi connectivity index (χ0n) is 9.09. The number of hydrogen-bond acceptors (Lipinski definition) is 3. The van der Waals surface area contributed by atoms with Crippen LogP contribution in [-0.2, 0) is 4.79 Å². The van der Waals surface area contributed by atoms with Crippen LogP contribution in [0.4, 0.5) is 0 Å². The van der Waals surface area contributed by atoms with Crippen molar-refractivity contribution in [2.24, 2.45) is 0 Å². The number of rotatable bonds is 5. The molecule has 2 N–H and O–H groups in total. The minimum absolute atomic E-state index is 0.190. The first-order chi connectivity index (χ1) is 7.74. The molecule has 0 saturated heterocycles. The van der Waals surface area contributed by atoms with Crippen molar-refractivity contribution < 1.29 is 9.90 Å². The standard InChI is InChI=1S/C12H15NO2S/c1-16-8-7-12(15)13-9-11(14)10-5-3-2-4-6-10/h2-8,11,14H,9H2,1H3,(H,13,15)/b8-7+. The second-order valence-electron chi connectivity index (χ2n) is 3.21. The minimum atomic E-state index is -0.659. The van der Waals surface area contributed by atoms with Crippen molar-refractivity contribution in [3.05, 3.63) is 47.4 Å². The van der Waals surface area contributed by atoms with Gasteiger partial charge in [-0.1, -0.05) is 30.3 Å². The fraction of sp³-hybridized carbons (Fsp3) is 0.250. The van der Waals surface area contributed by atoms with Crippen LogP contribution in [0, 0.1) is 0 Å². The molecule has 0 saturated carbocycles. The van der Waals surface area contributed by atoms with E-state index in [-0.39, 0.29) is 12.5 Å². The molecule has 0 spiro atoms. The molecule has 1 aromatic rings. The molecular weight excluding hydrogens is 222 g/mol. The Labute approximate surface area is 99.6 Å². The van der Waals surface area contributed by atoms with Gasteiger partial charge in [0.25, 0.3) is 0 Å². The molecule has 1 rings (SSSR count). The smallest absolute Gasteiger partial charge is 0.244 e. The van der Waals surface area contributed by atoms with Crippen molar-refractivity contribution in [1.29, 1.82) is 0 Å². The highest BCUT2D eigenvalue weighted by Crippen LogP contribution is 2.10. The van der Waals surface area contributed by atoms with E-state index in [2.05, 4.69) is 5.32 Å². The third kappa shape index (κ3) is 4.51. The van der Waals surface area contributed by atoms with Gasteiger partial charge in [0, 0.05) is 12.6 Å². The lowest BCUT2D eigenvalue weighted by atomic mass is 10.1. The Hall–Kier alpha value is -1.26. The molecule has 86 valence electrons. The second-order valence-corrected chi connectivity index (χ2v) is 3.95. The first-order valence-corrected chi connectivity index (χ1v) is 6.23. The number of hydrogen-bond donors (Lipinski definition) is 2. The van der Waals surface area contributed by atoms with Crippen LogP contribution in [0.25, 0.3) is 0 Å². The van der Waals surface area contributed by atoms with Gasteiger partial charge in [-0.05, 0) is 17.2 Å². The van der Waals surface area contributed by atoms with E-state index in [0.717, 1.165) is 5.56 Å². The van der Waals surface area contributed by atoms with Crippen LogP contribution in [0.5, 0.6) is 0 Å². The zero-order chi connectivity index (χ0) is 11.8. The summed E-state index contributed by atoms with van der Waals surface area (Å²) in [6.07, 6.45) is 2.66. The third-order valence-corrected chi connectivity index (χ3v) is 2.42. The maximum atomic E-state index is 11.2. The van der Waals surface area contributed by atoms with Crippen molar-refractivity contribution >= 4 is 17.7 Å². The fourth-order valence-electron chi connectivity index (χ4n) is 1.18. The molecule has 1 amide bonds. The maximum Gasteiger partial charge on any atom is 0.244 e. The molecule has 3 nitrogen and oxygen atoms in total. The normalized spacial score (nSPS) is 12.6. The van der Waals surface area contributed by atoms with Crippen LogP contribution in [-0.4, -0.2) is 23.8 Å². The van der Waals surface area contributed by atoms with E-state index >= 15 is 0 Å². The highest BCUT2D eigenvalue weighted by molar-refractivity contribution is 8.01. The highest BCUT2D eigenvalue weighted by atomic mass is 32.2. The summed E-state index contributed by atoms with van der Waals surface area (Å²) in [5.74, 6) is -0.190. The lowest BCUT2D eigenvalue weighted by Crippen LogP contribution is -2.26. The van der Waals surface area contributed by atoms with Crippen molar-refractivity contribution in [3.8, 4) is 0 Å². The van der Waals surface area contributed by atoms with Crippen molar-refractivity contribution in [2.75, 3.05) is 12.8 Å². The SMILES string of the molecule is CS/C=C/C(=O)NCC(O)c1ccccc1. The molecule has 0 heterocycles. The fourth-order valence-corrected chi connectivity index (χ4v) is 1.44. The molecule has 1 atom stereocenters. The number of carbonyl (C=O) groups is 1. The molecule has 1 aromatic carbocycles. The van der Waals surface area contributed by atoms with Gasteiger partial charge in [0.2, 0.25) is 5.91 Å². The van der Waals surface area contributed by atoms with Gasteiger partial charge < -0.3 is 10.4 Å². The van der Waals surface area contributed by atoms with Crippen LogP contribution in [0.1, 0.15) is 11.7 Å². The molecule has 0 aliphatic carbocycles. The van der Waals surface area contributed by atoms with E-state index in [1.54, 1.807) is 5.41 Å². The predicted molar refractivity (Wildman–Crippen MR) is 67.1 cm³/mol. The number of aliphatic hydroxyl groups excluding tert-OH is 1. The van der Waals surface area contributed by atoms with E-state index in [1.807, 2.05) is 36.6 Å². The summed E-state index contributed by atoms with van der Waals surface area (Å²) in [6.45, 7) is 0.224. The molecule has 0 aliphatic rings. The van der Waals surface area contributed by atoms with Crippen LogP contribution in [0.3, 0.4) is 0 Å². The molecule has 0 aliphatic heterocycles. The lowest BCUT2D eigenvalue weighted by molar-refractivity contribution is -0.116. The van der Waals surface area contributed by atoms with Gasteiger partial charge in [0.05, 0.1) is 6.10 Å². The maximum absolute atomic E-state index is 11.2. The summed E-state index contributed by atoms with van der Waals surface area (Å²) in [4.78, 5) is 11.2. The Bertz CT molecular complexity index is 351. The number of carbonyl (C=O) groups excluding carboxylic acids is 1. The number of nitrogens with one attached hydrogen (secondary N) is 1. The van der Waals surface area contributed by atoms with Crippen LogP contribution in [0.2, 0.25) is 0 Å². The topological polar surface area (TPSA) is 49.3 Å².